The molecule has 0 aliphatic carbocycles. The Balaban J connectivity index is 1.15. The predicted molar refractivity (Wildman–Crippen MR) is 144 cm³/mol. The molecule has 0 spiro atoms. The number of ether oxygens (including phenoxy) is 1. The summed E-state index contributed by atoms with van der Waals surface area (Å²) >= 11 is 3.94. The van der Waals surface area contributed by atoms with Gasteiger partial charge in [-0.15, -0.1) is 11.8 Å². The van der Waals surface area contributed by atoms with Gasteiger partial charge in [0.05, 0.1) is 31.7 Å². The van der Waals surface area contributed by atoms with Crippen LogP contribution in [0.1, 0.15) is 10.4 Å². The molecule has 2 heterocycles. The smallest absolute Gasteiger partial charge is 0.339 e. The summed E-state index contributed by atoms with van der Waals surface area (Å²) in [4.78, 5) is 46.7. The fraction of sp³-hybridized carbons (Fsp3) is 0.0800. The van der Waals surface area contributed by atoms with Crippen LogP contribution in [0.3, 0.4) is 0 Å². The number of para-hydroxylation sites is 2. The molecule has 36 heavy (non-hydrogen) atoms. The first kappa shape index (κ1) is 23.9. The molecular formula is C25H18N4O4S3. The number of hydrogen-bond donors (Lipinski definition) is 2. The maximum atomic E-state index is 12.7. The zero-order valence-corrected chi connectivity index (χ0v) is 21.0. The number of carbonyl (C=O) groups excluding carboxylic acids is 3. The van der Waals surface area contributed by atoms with Crippen molar-refractivity contribution in [2.24, 2.45) is 0 Å². The summed E-state index contributed by atoms with van der Waals surface area (Å²) in [7, 11) is 0. The molecule has 2 aromatic heterocycles. The summed E-state index contributed by atoms with van der Waals surface area (Å²) in [6.45, 7) is -0.453. The van der Waals surface area contributed by atoms with Gasteiger partial charge in [-0.3, -0.25) is 14.9 Å². The molecule has 0 bridgehead atoms. The fourth-order valence-corrected chi connectivity index (χ4v) is 5.88. The van der Waals surface area contributed by atoms with Gasteiger partial charge in [-0.1, -0.05) is 59.1 Å². The number of esters is 1. The molecule has 3 aromatic carbocycles. The molecule has 11 heteroatoms. The van der Waals surface area contributed by atoms with Gasteiger partial charge in [0.15, 0.2) is 16.9 Å². The largest absolute Gasteiger partial charge is 0.452 e. The molecule has 2 amide bonds. The van der Waals surface area contributed by atoms with Crippen molar-refractivity contribution in [3.63, 3.8) is 0 Å². The summed E-state index contributed by atoms with van der Waals surface area (Å²) < 4.78 is 7.15. The Morgan fingerprint density at radius 2 is 1.31 bits per heavy atom. The lowest BCUT2D eigenvalue weighted by Crippen LogP contribution is -2.21. The molecule has 0 radical (unpaired) electrons. The second kappa shape index (κ2) is 10.9. The van der Waals surface area contributed by atoms with Crippen LogP contribution in [-0.2, 0) is 14.3 Å². The lowest BCUT2D eigenvalue weighted by atomic mass is 10.2. The van der Waals surface area contributed by atoms with Crippen molar-refractivity contribution in [2.75, 3.05) is 23.0 Å². The maximum absolute atomic E-state index is 12.7. The highest BCUT2D eigenvalue weighted by Crippen LogP contribution is 2.28. The lowest BCUT2D eigenvalue weighted by Gasteiger charge is -2.09. The Bertz CT molecular complexity index is 1510. The molecule has 0 aliphatic rings. The number of benzene rings is 3. The van der Waals surface area contributed by atoms with Crippen LogP contribution in [0.25, 0.3) is 20.4 Å². The van der Waals surface area contributed by atoms with Crippen LogP contribution >= 0.6 is 34.4 Å². The highest BCUT2D eigenvalue weighted by molar-refractivity contribution is 8.00. The van der Waals surface area contributed by atoms with E-state index in [1.54, 1.807) is 24.3 Å². The molecule has 0 fully saturated rings. The first-order valence-corrected chi connectivity index (χ1v) is 13.4. The summed E-state index contributed by atoms with van der Waals surface area (Å²) in [5, 5.41) is 6.41. The zero-order chi connectivity index (χ0) is 24.9. The van der Waals surface area contributed by atoms with Crippen LogP contribution in [0, 0.1) is 0 Å². The predicted octanol–water partition coefficient (Wildman–Crippen LogP) is 5.43. The van der Waals surface area contributed by atoms with Gasteiger partial charge in [-0.05, 0) is 36.4 Å². The summed E-state index contributed by atoms with van der Waals surface area (Å²) in [5.41, 5.74) is 1.89. The standard InChI is InChI=1S/C25H18N4O4S3/c30-21(28-24-26-16-8-2-5-11-19(16)35-24)13-33-23(32)15-7-1-4-10-18(15)34-14-22(31)29-25-27-17-9-3-6-12-20(17)36-25/h1-12H,13-14H2,(H,26,28,30)(H,27,29,31). The monoisotopic (exact) mass is 534 g/mol. The highest BCUT2D eigenvalue weighted by atomic mass is 32.2. The summed E-state index contributed by atoms with van der Waals surface area (Å²) in [5.74, 6) is -1.29. The number of thioether (sulfide) groups is 1. The first-order chi connectivity index (χ1) is 17.5. The molecule has 0 aliphatic heterocycles. The number of fused-ring (bicyclic) bond motifs is 2. The Labute approximate surface area is 217 Å². The van der Waals surface area contributed by atoms with E-state index in [9.17, 15) is 14.4 Å². The SMILES string of the molecule is O=C(COC(=O)c1ccccc1SCC(=O)Nc1nc2ccccc2s1)Nc1nc2ccccc2s1. The summed E-state index contributed by atoms with van der Waals surface area (Å²) in [6.07, 6.45) is 0. The number of thiazole rings is 2. The molecule has 5 aromatic rings. The third kappa shape index (κ3) is 5.70. The van der Waals surface area contributed by atoms with E-state index in [4.69, 9.17) is 4.74 Å². The molecule has 0 saturated carbocycles. The van der Waals surface area contributed by atoms with Gasteiger partial charge in [-0.2, -0.15) is 0 Å². The Morgan fingerprint density at radius 1 is 0.750 bits per heavy atom. The Hall–Kier alpha value is -3.80. The molecule has 0 saturated heterocycles. The minimum absolute atomic E-state index is 0.0817. The zero-order valence-electron chi connectivity index (χ0n) is 18.6. The van der Waals surface area contributed by atoms with Crippen molar-refractivity contribution in [2.45, 2.75) is 4.90 Å². The topological polar surface area (TPSA) is 110 Å². The third-order valence-electron chi connectivity index (χ3n) is 4.88. The maximum Gasteiger partial charge on any atom is 0.339 e. The van der Waals surface area contributed by atoms with Crippen LogP contribution in [0.5, 0.6) is 0 Å². The normalized spacial score (nSPS) is 10.9. The Kier molecular flexibility index (Phi) is 7.21. The van der Waals surface area contributed by atoms with Crippen LogP contribution in [-0.4, -0.2) is 40.1 Å². The molecule has 0 atom stereocenters. The van der Waals surface area contributed by atoms with E-state index in [0.29, 0.717) is 15.2 Å². The van der Waals surface area contributed by atoms with E-state index >= 15 is 0 Å². The van der Waals surface area contributed by atoms with Crippen molar-refractivity contribution in [1.29, 1.82) is 0 Å². The van der Waals surface area contributed by atoms with Crippen LogP contribution in [0.4, 0.5) is 10.3 Å². The first-order valence-electron chi connectivity index (χ1n) is 10.7. The molecule has 180 valence electrons. The van der Waals surface area contributed by atoms with Gasteiger partial charge in [0.2, 0.25) is 5.91 Å². The number of nitrogens with zero attached hydrogens (tertiary/aromatic N) is 2. The number of rotatable bonds is 8. The quantitative estimate of drug-likeness (QED) is 0.202. The van der Waals surface area contributed by atoms with Gasteiger partial charge in [0.25, 0.3) is 5.91 Å². The van der Waals surface area contributed by atoms with Gasteiger partial charge in [-0.25, -0.2) is 14.8 Å². The second-order valence-electron chi connectivity index (χ2n) is 7.43. The Morgan fingerprint density at radius 3 is 1.94 bits per heavy atom. The highest BCUT2D eigenvalue weighted by Gasteiger charge is 2.17. The van der Waals surface area contributed by atoms with E-state index in [0.717, 1.165) is 20.4 Å². The molecule has 2 N–H and O–H groups in total. The second-order valence-corrected chi connectivity index (χ2v) is 10.5. The van der Waals surface area contributed by atoms with Crippen LogP contribution in [0.15, 0.2) is 77.7 Å². The van der Waals surface area contributed by atoms with Crippen molar-refractivity contribution in [3.05, 3.63) is 78.4 Å². The van der Waals surface area contributed by atoms with E-state index in [1.807, 2.05) is 48.5 Å². The van der Waals surface area contributed by atoms with Gasteiger partial charge in [0, 0.05) is 4.90 Å². The van der Waals surface area contributed by atoms with Gasteiger partial charge in [0.1, 0.15) is 0 Å². The molecule has 8 nitrogen and oxygen atoms in total. The number of hydrogen-bond acceptors (Lipinski definition) is 9. The minimum atomic E-state index is -0.649. The van der Waals surface area contributed by atoms with Gasteiger partial charge < -0.3 is 10.1 Å². The summed E-state index contributed by atoms with van der Waals surface area (Å²) in [6, 6.07) is 22.0. The molecular weight excluding hydrogens is 517 g/mol. The van der Waals surface area contributed by atoms with Crippen molar-refractivity contribution in [1.82, 2.24) is 9.97 Å². The average molecular weight is 535 g/mol. The van der Waals surface area contributed by atoms with E-state index in [2.05, 4.69) is 20.6 Å². The van der Waals surface area contributed by atoms with Crippen molar-refractivity contribution >= 4 is 82.9 Å². The number of nitrogens with one attached hydrogen (secondary N) is 2. The van der Waals surface area contributed by atoms with Crippen LogP contribution < -0.4 is 10.6 Å². The minimum Gasteiger partial charge on any atom is -0.452 e. The average Bonchev–Trinajstić information content (AvgIpc) is 3.48. The molecule has 5 rings (SSSR count). The van der Waals surface area contributed by atoms with E-state index < -0.39 is 18.5 Å². The number of anilines is 2. The van der Waals surface area contributed by atoms with Crippen molar-refractivity contribution < 1.29 is 19.1 Å². The van der Waals surface area contributed by atoms with E-state index in [-0.39, 0.29) is 17.2 Å². The van der Waals surface area contributed by atoms with Crippen molar-refractivity contribution in [3.8, 4) is 0 Å². The number of aromatic nitrogens is 2. The van der Waals surface area contributed by atoms with Crippen LogP contribution in [0.2, 0.25) is 0 Å². The lowest BCUT2D eigenvalue weighted by molar-refractivity contribution is -0.119. The molecule has 0 unspecified atom stereocenters. The van der Waals surface area contributed by atoms with E-state index in [1.165, 1.54) is 34.4 Å². The number of carbonyl (C=O) groups is 3. The fourth-order valence-electron chi connectivity index (χ4n) is 3.28. The third-order valence-corrected chi connectivity index (χ3v) is 7.86. The van der Waals surface area contributed by atoms with Gasteiger partial charge >= 0.3 is 5.97 Å². The number of amides is 2.